The molecule has 3 aromatic rings. The van der Waals surface area contributed by atoms with Gasteiger partial charge in [0.05, 0.1) is 10.5 Å². The summed E-state index contributed by atoms with van der Waals surface area (Å²) in [7, 11) is 0. The number of Topliss-reactive ketones (excluding diaryl/α,β-unsaturated/α-hetero) is 1. The molecular weight excluding hydrogens is 403 g/mol. The van der Waals surface area contributed by atoms with Gasteiger partial charge in [0.2, 0.25) is 11.6 Å². The van der Waals surface area contributed by atoms with Gasteiger partial charge in [-0.15, -0.1) is 0 Å². The van der Waals surface area contributed by atoms with Crippen molar-refractivity contribution in [2.24, 2.45) is 0 Å². The quantitative estimate of drug-likeness (QED) is 0.326. The summed E-state index contributed by atoms with van der Waals surface area (Å²) in [6.45, 7) is 1.38. The third-order valence-corrected chi connectivity index (χ3v) is 3.99. The molecule has 0 saturated heterocycles. The SMILES string of the molecule is CC(=O)c1cccc(Nc2ncnc(Nc3cccc(C(F)(F)F)c3)c2[N+](=O)[O-])c1. The Bertz CT molecular complexity index is 1120. The molecule has 3 rings (SSSR count). The molecule has 154 valence electrons. The molecule has 11 heteroatoms. The van der Waals surface area contributed by atoms with E-state index in [0.717, 1.165) is 18.5 Å². The lowest BCUT2D eigenvalue weighted by atomic mass is 10.1. The highest BCUT2D eigenvalue weighted by Gasteiger charge is 2.31. The highest BCUT2D eigenvalue weighted by Crippen LogP contribution is 2.35. The summed E-state index contributed by atoms with van der Waals surface area (Å²) >= 11 is 0. The van der Waals surface area contributed by atoms with Gasteiger partial charge in [-0.1, -0.05) is 18.2 Å². The van der Waals surface area contributed by atoms with Crippen molar-refractivity contribution in [1.29, 1.82) is 0 Å². The zero-order valence-corrected chi connectivity index (χ0v) is 15.4. The van der Waals surface area contributed by atoms with Crippen molar-refractivity contribution in [3.63, 3.8) is 0 Å². The number of halogens is 3. The predicted octanol–water partition coefficient (Wildman–Crippen LogP) is 5.09. The standard InChI is InChI=1S/C19H14F3N5O3/c1-11(28)12-4-2-6-14(8-12)25-17-16(27(29)30)18(24-10-23-17)26-15-7-3-5-13(9-15)19(20,21)22/h2-10H,1H3,(H2,23,24,25,26). The van der Waals surface area contributed by atoms with Crippen molar-refractivity contribution in [2.75, 3.05) is 10.6 Å². The first kappa shape index (κ1) is 20.7. The largest absolute Gasteiger partial charge is 0.416 e. The third kappa shape index (κ3) is 4.69. The summed E-state index contributed by atoms with van der Waals surface area (Å²) in [5.41, 5.74) is -0.753. The van der Waals surface area contributed by atoms with Crippen molar-refractivity contribution in [2.45, 2.75) is 13.1 Å². The Morgan fingerprint density at radius 1 is 1.00 bits per heavy atom. The molecule has 0 saturated carbocycles. The number of hydrogen-bond acceptors (Lipinski definition) is 7. The fourth-order valence-corrected chi connectivity index (χ4v) is 2.60. The van der Waals surface area contributed by atoms with Crippen LogP contribution in [0.4, 0.5) is 41.9 Å². The van der Waals surface area contributed by atoms with E-state index in [1.54, 1.807) is 18.2 Å². The van der Waals surface area contributed by atoms with E-state index in [-0.39, 0.29) is 23.1 Å². The fourth-order valence-electron chi connectivity index (χ4n) is 2.60. The van der Waals surface area contributed by atoms with E-state index < -0.39 is 22.4 Å². The smallest absolute Gasteiger partial charge is 0.334 e. The molecule has 0 aliphatic carbocycles. The van der Waals surface area contributed by atoms with Gasteiger partial charge in [0.1, 0.15) is 6.33 Å². The number of nitro groups is 1. The number of aromatic nitrogens is 2. The van der Waals surface area contributed by atoms with Crippen LogP contribution in [0.15, 0.2) is 54.9 Å². The summed E-state index contributed by atoms with van der Waals surface area (Å²) in [5, 5.41) is 16.9. The fraction of sp³-hybridized carbons (Fsp3) is 0.105. The third-order valence-electron chi connectivity index (χ3n) is 3.99. The van der Waals surface area contributed by atoms with Gasteiger partial charge in [-0.25, -0.2) is 9.97 Å². The minimum absolute atomic E-state index is 0.0313. The molecule has 1 aromatic heterocycles. The summed E-state index contributed by atoms with van der Waals surface area (Å²) < 4.78 is 38.7. The first-order chi connectivity index (χ1) is 14.1. The second-order valence-electron chi connectivity index (χ2n) is 6.14. The Hall–Kier alpha value is -4.02. The topological polar surface area (TPSA) is 110 Å². The number of carbonyl (C=O) groups is 1. The molecule has 2 N–H and O–H groups in total. The molecule has 0 radical (unpaired) electrons. The van der Waals surface area contributed by atoms with E-state index in [4.69, 9.17) is 0 Å². The van der Waals surface area contributed by atoms with E-state index in [9.17, 15) is 28.1 Å². The molecule has 30 heavy (non-hydrogen) atoms. The lowest BCUT2D eigenvalue weighted by molar-refractivity contribution is -0.383. The van der Waals surface area contributed by atoms with Crippen molar-refractivity contribution in [3.8, 4) is 0 Å². The van der Waals surface area contributed by atoms with Crippen molar-refractivity contribution >= 4 is 34.5 Å². The lowest BCUT2D eigenvalue weighted by Gasteiger charge is -2.12. The Balaban J connectivity index is 1.97. The minimum Gasteiger partial charge on any atom is -0.334 e. The summed E-state index contributed by atoms with van der Waals surface area (Å²) in [6, 6.07) is 10.4. The molecular formula is C19H14F3N5O3. The molecule has 0 bridgehead atoms. The molecule has 0 spiro atoms. The maximum Gasteiger partial charge on any atom is 0.416 e. The Labute approximate surface area is 167 Å². The number of hydrogen-bond donors (Lipinski definition) is 2. The number of alkyl halides is 3. The number of nitrogens with one attached hydrogen (secondary N) is 2. The molecule has 1 heterocycles. The van der Waals surface area contributed by atoms with Crippen LogP contribution in [0.2, 0.25) is 0 Å². The van der Waals surface area contributed by atoms with Crippen LogP contribution >= 0.6 is 0 Å². The highest BCUT2D eigenvalue weighted by atomic mass is 19.4. The van der Waals surface area contributed by atoms with Gasteiger partial charge in [0, 0.05) is 16.9 Å². The molecule has 2 aromatic carbocycles. The van der Waals surface area contributed by atoms with Gasteiger partial charge < -0.3 is 10.6 Å². The zero-order valence-electron chi connectivity index (χ0n) is 15.4. The normalized spacial score (nSPS) is 11.1. The van der Waals surface area contributed by atoms with Gasteiger partial charge in [0.25, 0.3) is 0 Å². The van der Waals surface area contributed by atoms with Crippen molar-refractivity contribution < 1.29 is 22.9 Å². The first-order valence-electron chi connectivity index (χ1n) is 8.47. The number of rotatable bonds is 6. The van der Waals surface area contributed by atoms with Crippen molar-refractivity contribution in [3.05, 3.63) is 76.1 Å². The molecule has 0 fully saturated rings. The average Bonchev–Trinajstić information content (AvgIpc) is 2.67. The highest BCUT2D eigenvalue weighted by molar-refractivity contribution is 5.95. The Morgan fingerprint density at radius 3 is 2.10 bits per heavy atom. The van der Waals surface area contributed by atoms with E-state index in [1.165, 1.54) is 25.1 Å². The van der Waals surface area contributed by atoms with E-state index in [2.05, 4.69) is 20.6 Å². The van der Waals surface area contributed by atoms with Crippen LogP contribution in [0.25, 0.3) is 0 Å². The molecule has 0 amide bonds. The van der Waals surface area contributed by atoms with Crippen LogP contribution in [0.5, 0.6) is 0 Å². The maximum absolute atomic E-state index is 12.9. The molecule has 0 aliphatic rings. The summed E-state index contributed by atoms with van der Waals surface area (Å²) in [6.07, 6.45) is -3.54. The van der Waals surface area contributed by atoms with Crippen LogP contribution in [0, 0.1) is 10.1 Å². The molecule has 0 aliphatic heterocycles. The second-order valence-corrected chi connectivity index (χ2v) is 6.14. The van der Waals surface area contributed by atoms with Gasteiger partial charge in [-0.05, 0) is 37.3 Å². The zero-order chi connectivity index (χ0) is 21.9. The van der Waals surface area contributed by atoms with E-state index >= 15 is 0 Å². The molecule has 0 unspecified atom stereocenters. The van der Waals surface area contributed by atoms with Crippen LogP contribution in [-0.4, -0.2) is 20.7 Å². The van der Waals surface area contributed by atoms with E-state index in [1.807, 2.05) is 0 Å². The number of nitrogens with zero attached hydrogens (tertiary/aromatic N) is 3. The van der Waals surface area contributed by atoms with E-state index in [0.29, 0.717) is 11.3 Å². The van der Waals surface area contributed by atoms with Gasteiger partial charge in [-0.2, -0.15) is 13.2 Å². The Kier molecular flexibility index (Phi) is 5.63. The van der Waals surface area contributed by atoms with Crippen LogP contribution in [0.3, 0.4) is 0 Å². The Morgan fingerprint density at radius 2 is 1.57 bits per heavy atom. The number of carbonyl (C=O) groups excluding carboxylic acids is 1. The molecule has 0 atom stereocenters. The monoisotopic (exact) mass is 417 g/mol. The second kappa shape index (κ2) is 8.15. The minimum atomic E-state index is -4.57. The van der Waals surface area contributed by atoms with Gasteiger partial charge >= 0.3 is 11.9 Å². The average molecular weight is 417 g/mol. The van der Waals surface area contributed by atoms with Gasteiger partial charge in [-0.3, -0.25) is 14.9 Å². The predicted molar refractivity (Wildman–Crippen MR) is 103 cm³/mol. The number of anilines is 4. The lowest BCUT2D eigenvalue weighted by Crippen LogP contribution is -2.07. The summed E-state index contributed by atoms with van der Waals surface area (Å²) in [5.74, 6) is -0.674. The maximum atomic E-state index is 12.9. The van der Waals surface area contributed by atoms with Crippen LogP contribution < -0.4 is 10.6 Å². The van der Waals surface area contributed by atoms with Gasteiger partial charge in [0.15, 0.2) is 5.78 Å². The van der Waals surface area contributed by atoms with Crippen molar-refractivity contribution in [1.82, 2.24) is 9.97 Å². The van der Waals surface area contributed by atoms with Crippen LogP contribution in [-0.2, 0) is 6.18 Å². The first-order valence-corrected chi connectivity index (χ1v) is 8.47. The number of benzene rings is 2. The van der Waals surface area contributed by atoms with Crippen LogP contribution in [0.1, 0.15) is 22.8 Å². The summed E-state index contributed by atoms with van der Waals surface area (Å²) in [4.78, 5) is 30.1. The molecule has 8 nitrogen and oxygen atoms in total. The number of ketones is 1.